The Morgan fingerprint density at radius 3 is 1.24 bits per heavy atom. The first kappa shape index (κ1) is 39.5. The number of rotatable bonds is 14. The number of ether oxygens (including phenoxy) is 2. The van der Waals surface area contributed by atoms with Crippen LogP contribution in [-0.2, 0) is 49.7 Å². The van der Waals surface area contributed by atoms with Gasteiger partial charge in [0.05, 0.1) is 13.2 Å². The monoisotopic (exact) mass is 790 g/mol. The molecule has 27 nitrogen and oxygen atoms in total. The largest absolute Gasteiger partial charge is 0.490 e. The summed E-state index contributed by atoms with van der Waals surface area (Å²) in [5.74, 6) is 0. The third kappa shape index (κ3) is 9.93. The van der Waals surface area contributed by atoms with Crippen LogP contribution in [0, 0.1) is 0 Å². The van der Waals surface area contributed by atoms with Crippen LogP contribution in [0.5, 0.6) is 0 Å². The van der Waals surface area contributed by atoms with Gasteiger partial charge in [-0.15, -0.1) is 0 Å². The average Bonchev–Trinajstić information content (AvgIpc) is 3.38. The number of aromatic amines is 2. The lowest BCUT2D eigenvalue weighted by molar-refractivity contribution is -0.0544. The molecule has 276 valence electrons. The second-order valence-electron chi connectivity index (χ2n) is 9.84. The molecule has 0 spiro atoms. The maximum Gasteiger partial charge on any atom is 0.490 e. The summed E-state index contributed by atoms with van der Waals surface area (Å²) in [4.78, 5) is 89.1. The van der Waals surface area contributed by atoms with Crippen molar-refractivity contribution in [1.29, 1.82) is 0 Å². The molecule has 0 aromatic carbocycles. The number of phosphoric acid groups is 4. The van der Waals surface area contributed by atoms with Crippen molar-refractivity contribution in [3.63, 3.8) is 0 Å². The third-order valence-electron chi connectivity index (χ3n) is 6.35. The Morgan fingerprint density at radius 1 is 0.592 bits per heavy atom. The molecular formula is C18H26N4O23P4. The maximum atomic E-state index is 12.2. The van der Waals surface area contributed by atoms with Crippen LogP contribution in [0.3, 0.4) is 0 Å². The van der Waals surface area contributed by atoms with Crippen LogP contribution in [0.25, 0.3) is 0 Å². The zero-order chi connectivity index (χ0) is 36.7. The lowest BCUT2D eigenvalue weighted by Crippen LogP contribution is -2.37. The van der Waals surface area contributed by atoms with Crippen LogP contribution < -0.4 is 22.5 Å². The molecule has 0 radical (unpaired) electrons. The number of aromatic nitrogens is 4. The maximum absolute atomic E-state index is 12.2. The fraction of sp³-hybridized carbons (Fsp3) is 0.556. The van der Waals surface area contributed by atoms with Gasteiger partial charge in [-0.3, -0.25) is 37.7 Å². The van der Waals surface area contributed by atoms with Crippen molar-refractivity contribution in [2.45, 2.75) is 49.1 Å². The topological polar surface area (TPSA) is 404 Å². The molecule has 2 saturated heterocycles. The zero-order valence-electron chi connectivity index (χ0n) is 23.7. The summed E-state index contributed by atoms with van der Waals surface area (Å²) in [5.41, 5.74) is -3.78. The molecule has 31 heteroatoms. The second-order valence-corrected chi connectivity index (χ2v) is 16.1. The van der Waals surface area contributed by atoms with Crippen LogP contribution in [-0.4, -0.2) is 109 Å². The van der Waals surface area contributed by atoms with E-state index in [1.54, 1.807) is 0 Å². The molecule has 4 rings (SSSR count). The SMILES string of the molecule is O=c1ccn([C@@H]2O[C@H](COP(=O)(O)OP(=O)(O)OP(=O)(O)OP(=O)(O)OCC3O[C@@H](n4ccc(=O)[nH]c4=O)C(O)[C@H]3O)C(O)C2O)c(=O)[nH]1. The molecule has 12 atom stereocenters. The highest BCUT2D eigenvalue weighted by Crippen LogP contribution is 2.71. The summed E-state index contributed by atoms with van der Waals surface area (Å²) in [5, 5.41) is 40.7. The molecule has 10 N–H and O–H groups in total. The van der Waals surface area contributed by atoms with Crippen LogP contribution in [0.15, 0.2) is 43.7 Å². The smallest absolute Gasteiger partial charge is 0.387 e. The van der Waals surface area contributed by atoms with Crippen molar-refractivity contribution < 1.29 is 89.7 Å². The Morgan fingerprint density at radius 2 is 0.918 bits per heavy atom. The summed E-state index contributed by atoms with van der Waals surface area (Å²) in [6.07, 6.45) is -12.6. The molecule has 2 aromatic rings. The van der Waals surface area contributed by atoms with E-state index in [4.69, 9.17) is 9.47 Å². The van der Waals surface area contributed by atoms with Crippen LogP contribution in [0.2, 0.25) is 0 Å². The highest BCUT2D eigenvalue weighted by Gasteiger charge is 2.49. The molecule has 2 fully saturated rings. The molecule has 49 heavy (non-hydrogen) atoms. The number of H-pyrrole nitrogens is 2. The lowest BCUT2D eigenvalue weighted by atomic mass is 10.1. The Bertz CT molecular complexity index is 1820. The molecule has 0 aliphatic carbocycles. The number of phosphoric ester groups is 2. The van der Waals surface area contributed by atoms with Gasteiger partial charge in [0.2, 0.25) is 0 Å². The van der Waals surface area contributed by atoms with Crippen molar-refractivity contribution in [3.8, 4) is 0 Å². The van der Waals surface area contributed by atoms with Crippen LogP contribution >= 0.6 is 31.3 Å². The van der Waals surface area contributed by atoms with E-state index in [0.29, 0.717) is 9.13 Å². The van der Waals surface area contributed by atoms with E-state index >= 15 is 0 Å². The Balaban J connectivity index is 1.31. The highest BCUT2D eigenvalue weighted by molar-refractivity contribution is 7.69. The minimum Gasteiger partial charge on any atom is -0.387 e. The van der Waals surface area contributed by atoms with E-state index in [1.165, 1.54) is 0 Å². The first-order chi connectivity index (χ1) is 22.5. The van der Waals surface area contributed by atoms with Crippen molar-refractivity contribution >= 4 is 31.3 Å². The van der Waals surface area contributed by atoms with Gasteiger partial charge in [0.1, 0.15) is 36.6 Å². The fourth-order valence-corrected chi connectivity index (χ4v) is 9.20. The summed E-state index contributed by atoms with van der Waals surface area (Å²) in [6.45, 7) is -2.43. The van der Waals surface area contributed by atoms with Gasteiger partial charge in [0, 0.05) is 24.5 Å². The molecule has 0 amide bonds. The predicted octanol–water partition coefficient (Wildman–Crippen LogP) is -4.19. The van der Waals surface area contributed by atoms with Crippen molar-refractivity contribution in [3.05, 3.63) is 66.2 Å². The molecule has 4 heterocycles. The molecule has 2 aliphatic rings. The summed E-state index contributed by atoms with van der Waals surface area (Å²) in [7, 11) is -24.1. The normalized spacial score (nSPS) is 32.2. The number of hydrogen-bond acceptors (Lipinski definition) is 19. The number of aliphatic hydroxyl groups is 4. The van der Waals surface area contributed by atoms with Crippen molar-refractivity contribution in [2.24, 2.45) is 0 Å². The van der Waals surface area contributed by atoms with Gasteiger partial charge in [0.15, 0.2) is 12.5 Å². The highest BCUT2D eigenvalue weighted by atomic mass is 31.3. The van der Waals surface area contributed by atoms with Crippen molar-refractivity contribution in [2.75, 3.05) is 13.2 Å². The second kappa shape index (κ2) is 14.7. The summed E-state index contributed by atoms with van der Waals surface area (Å²) >= 11 is 0. The van der Waals surface area contributed by atoms with E-state index < -0.39 is 116 Å². The van der Waals surface area contributed by atoms with E-state index in [2.05, 4.69) is 22.0 Å². The molecule has 2 aromatic heterocycles. The minimum atomic E-state index is -6.24. The quantitative estimate of drug-likeness (QED) is 0.0811. The lowest BCUT2D eigenvalue weighted by Gasteiger charge is -2.21. The molecular weight excluding hydrogens is 764 g/mol. The number of nitrogens with zero attached hydrogens (tertiary/aromatic N) is 2. The third-order valence-corrected chi connectivity index (χ3v) is 12.3. The van der Waals surface area contributed by atoms with Gasteiger partial charge in [-0.1, -0.05) is 0 Å². The van der Waals surface area contributed by atoms with E-state index in [9.17, 15) is 77.4 Å². The standard InChI is InChI=1S/C18H26N4O23P4/c23-9-1-3-21(17(29)19-9)15-13(27)11(25)7(41-15)5-39-46(31,32)43-48(35,36)45-49(37,38)44-47(33,34)40-6-8-12(26)14(28)16(42-8)22-4-2-10(24)20-18(22)30/h1-4,7-8,11-16,25-28H,5-6H2,(H,31,32)(H,33,34)(H,35,36)(H,37,38)(H,19,23,29)(H,20,24,30)/t7-,8?,11?,12+,13?,14?,15-,16-/m1/s1. The zero-order valence-corrected chi connectivity index (χ0v) is 27.3. The number of hydrogen-bond donors (Lipinski definition) is 10. The fourth-order valence-electron chi connectivity index (χ4n) is 4.25. The number of nitrogens with one attached hydrogen (secondary N) is 2. The predicted molar refractivity (Wildman–Crippen MR) is 149 cm³/mol. The Hall–Kier alpha value is -2.32. The Kier molecular flexibility index (Phi) is 11.9. The van der Waals surface area contributed by atoms with E-state index in [0.717, 1.165) is 24.5 Å². The van der Waals surface area contributed by atoms with E-state index in [1.807, 2.05) is 9.97 Å². The van der Waals surface area contributed by atoms with Gasteiger partial charge in [0.25, 0.3) is 11.1 Å². The molecule has 0 saturated carbocycles. The Labute approximate surface area is 268 Å². The van der Waals surface area contributed by atoms with Crippen molar-refractivity contribution in [1.82, 2.24) is 19.1 Å². The summed E-state index contributed by atoms with van der Waals surface area (Å²) < 4.78 is 80.5. The molecule has 0 bridgehead atoms. The molecule has 8 unspecified atom stereocenters. The van der Waals surface area contributed by atoms with Crippen LogP contribution in [0.4, 0.5) is 0 Å². The minimum absolute atomic E-state index is 0.642. The van der Waals surface area contributed by atoms with Gasteiger partial charge < -0.3 is 49.5 Å². The van der Waals surface area contributed by atoms with Gasteiger partial charge in [-0.2, -0.15) is 12.9 Å². The molecule has 2 aliphatic heterocycles. The van der Waals surface area contributed by atoms with E-state index in [-0.39, 0.29) is 0 Å². The summed E-state index contributed by atoms with van der Waals surface area (Å²) in [6, 6.07) is 1.73. The van der Waals surface area contributed by atoms with Crippen LogP contribution in [0.1, 0.15) is 12.5 Å². The van der Waals surface area contributed by atoms with Gasteiger partial charge in [-0.05, 0) is 0 Å². The first-order valence-corrected chi connectivity index (χ1v) is 18.9. The van der Waals surface area contributed by atoms with Gasteiger partial charge >= 0.3 is 42.7 Å². The first-order valence-electron chi connectivity index (χ1n) is 12.9. The number of aliphatic hydroxyl groups excluding tert-OH is 4. The average molecular weight is 790 g/mol. The van der Waals surface area contributed by atoms with Gasteiger partial charge in [-0.25, -0.2) is 27.8 Å².